The van der Waals surface area contributed by atoms with E-state index in [1.54, 1.807) is 0 Å². The molecule has 21 heavy (non-hydrogen) atoms. The summed E-state index contributed by atoms with van der Waals surface area (Å²) in [5.41, 5.74) is 0.562. The summed E-state index contributed by atoms with van der Waals surface area (Å²) in [5.74, 6) is 0.179. The normalized spacial score (nSPS) is 24.6. The van der Waals surface area contributed by atoms with E-state index in [0.29, 0.717) is 32.5 Å². The van der Waals surface area contributed by atoms with Crippen LogP contribution in [0, 0.1) is 0 Å². The molecule has 0 radical (unpaired) electrons. The average Bonchev–Trinajstić information content (AvgIpc) is 2.99. The van der Waals surface area contributed by atoms with Crippen molar-refractivity contribution in [3.05, 3.63) is 11.6 Å². The molecule has 1 aliphatic carbocycles. The molecule has 1 unspecified atom stereocenters. The van der Waals surface area contributed by atoms with E-state index < -0.39 is 5.60 Å². The minimum Gasteiger partial charge on any atom is -0.483 e. The molecule has 0 aromatic carbocycles. The van der Waals surface area contributed by atoms with Crippen LogP contribution in [0.2, 0.25) is 0 Å². The average molecular weight is 298 g/mol. The van der Waals surface area contributed by atoms with Crippen molar-refractivity contribution in [2.24, 2.45) is 0 Å². The summed E-state index contributed by atoms with van der Waals surface area (Å²) < 4.78 is 0. The molecule has 0 spiro atoms. The lowest BCUT2D eigenvalue weighted by Crippen LogP contribution is -2.43. The minimum absolute atomic E-state index is 0.179. The third kappa shape index (κ3) is 5.85. The molecule has 0 bridgehead atoms. The predicted octanol–water partition coefficient (Wildman–Crippen LogP) is 0.713. The number of likely N-dealkylation sites (tertiary alicyclic amines) is 1. The van der Waals surface area contributed by atoms with Crippen molar-refractivity contribution in [2.45, 2.75) is 37.7 Å². The smallest absolute Gasteiger partial charge is 0.290 e. The first-order chi connectivity index (χ1) is 9.90. The van der Waals surface area contributed by atoms with E-state index in [-0.39, 0.29) is 12.4 Å². The fraction of sp³-hybridized carbons (Fsp3) is 0.733. The lowest BCUT2D eigenvalue weighted by molar-refractivity contribution is -0.130. The van der Waals surface area contributed by atoms with Gasteiger partial charge < -0.3 is 20.0 Å². The third-order valence-electron chi connectivity index (χ3n) is 3.81. The molecule has 0 aromatic rings. The number of allylic oxidation sites excluding steroid dienone is 1. The molecule has 1 saturated heterocycles. The fourth-order valence-corrected chi connectivity index (χ4v) is 2.99. The minimum atomic E-state index is -0.719. The lowest BCUT2D eigenvalue weighted by Gasteiger charge is -2.26. The molecule has 120 valence electrons. The molecule has 2 N–H and O–H groups in total. The van der Waals surface area contributed by atoms with Gasteiger partial charge in [-0.05, 0) is 39.8 Å². The summed E-state index contributed by atoms with van der Waals surface area (Å²) in [6, 6.07) is 0. The van der Waals surface area contributed by atoms with E-state index in [4.69, 9.17) is 9.90 Å². The zero-order chi connectivity index (χ0) is 15.9. The molecule has 2 rings (SSSR count). The summed E-state index contributed by atoms with van der Waals surface area (Å²) in [4.78, 5) is 24.3. The van der Waals surface area contributed by atoms with Gasteiger partial charge in [-0.3, -0.25) is 9.59 Å². The van der Waals surface area contributed by atoms with Crippen LogP contribution >= 0.6 is 0 Å². The van der Waals surface area contributed by atoms with Crippen molar-refractivity contribution in [1.82, 2.24) is 9.80 Å². The van der Waals surface area contributed by atoms with E-state index >= 15 is 0 Å². The number of β-amino-alcohol motifs (C(OH)–C–C–N with tert-alkyl or cyclic N) is 1. The molecular formula is C15H26N2O4. The second kappa shape index (κ2) is 8.14. The van der Waals surface area contributed by atoms with Gasteiger partial charge in [-0.25, -0.2) is 0 Å². The molecule has 6 heteroatoms. The predicted molar refractivity (Wildman–Crippen MR) is 79.9 cm³/mol. The van der Waals surface area contributed by atoms with E-state index in [2.05, 4.69) is 6.08 Å². The van der Waals surface area contributed by atoms with Crippen molar-refractivity contribution < 1.29 is 19.8 Å². The lowest BCUT2D eigenvalue weighted by atomic mass is 10.0. The summed E-state index contributed by atoms with van der Waals surface area (Å²) in [6.45, 7) is 1.55. The molecule has 1 amide bonds. The van der Waals surface area contributed by atoms with Gasteiger partial charge in [0.2, 0.25) is 5.91 Å². The maximum Gasteiger partial charge on any atom is 0.290 e. The Balaban J connectivity index is 0.000000677. The van der Waals surface area contributed by atoms with Gasteiger partial charge in [0.25, 0.3) is 6.47 Å². The molecule has 0 aromatic heterocycles. The quantitative estimate of drug-likeness (QED) is 0.590. The van der Waals surface area contributed by atoms with Gasteiger partial charge in [0.1, 0.15) is 0 Å². The van der Waals surface area contributed by atoms with Crippen LogP contribution in [-0.4, -0.2) is 71.7 Å². The Kier molecular flexibility index (Phi) is 6.84. The van der Waals surface area contributed by atoms with Gasteiger partial charge in [-0.15, -0.1) is 0 Å². The van der Waals surface area contributed by atoms with Crippen molar-refractivity contribution in [3.8, 4) is 0 Å². The number of nitrogens with zero attached hydrogens (tertiary/aromatic N) is 2. The van der Waals surface area contributed by atoms with Crippen molar-refractivity contribution in [3.63, 3.8) is 0 Å². The van der Waals surface area contributed by atoms with E-state index in [1.165, 1.54) is 12.0 Å². The maximum atomic E-state index is 12.1. The standard InChI is InChI=1S/C14H24N2O2.CH2O2/c1-15(2)10-14(18)7-8-16(11-14)13(17)9-12-5-3-4-6-12;2-1-3/h5,18H,3-4,6-11H2,1-2H3;1H,(H,2,3). The van der Waals surface area contributed by atoms with Crippen LogP contribution in [0.5, 0.6) is 0 Å². The first-order valence-corrected chi connectivity index (χ1v) is 7.31. The highest BCUT2D eigenvalue weighted by molar-refractivity contribution is 5.79. The molecule has 1 aliphatic heterocycles. The first-order valence-electron chi connectivity index (χ1n) is 7.31. The zero-order valence-corrected chi connectivity index (χ0v) is 12.9. The molecule has 1 atom stereocenters. The number of carbonyl (C=O) groups is 2. The van der Waals surface area contributed by atoms with Gasteiger partial charge in [0.15, 0.2) is 0 Å². The molecule has 6 nitrogen and oxygen atoms in total. The number of likely N-dealkylation sites (N-methyl/N-ethyl adjacent to an activating group) is 1. The molecule has 2 aliphatic rings. The third-order valence-corrected chi connectivity index (χ3v) is 3.81. The van der Waals surface area contributed by atoms with Gasteiger partial charge >= 0.3 is 0 Å². The Hall–Kier alpha value is -1.40. The molecular weight excluding hydrogens is 272 g/mol. The number of hydrogen-bond donors (Lipinski definition) is 2. The highest BCUT2D eigenvalue weighted by atomic mass is 16.3. The SMILES string of the molecule is CN(C)CC1(O)CCN(C(=O)CC2=CCCC2)C1.O=CO. The van der Waals surface area contributed by atoms with E-state index in [0.717, 1.165) is 12.8 Å². The van der Waals surface area contributed by atoms with Gasteiger partial charge in [0, 0.05) is 19.5 Å². The zero-order valence-electron chi connectivity index (χ0n) is 12.9. The molecule has 1 fully saturated rings. The monoisotopic (exact) mass is 298 g/mol. The topological polar surface area (TPSA) is 81.1 Å². The number of amides is 1. The maximum absolute atomic E-state index is 12.1. The highest BCUT2D eigenvalue weighted by Crippen LogP contribution is 2.26. The van der Waals surface area contributed by atoms with Crippen molar-refractivity contribution >= 4 is 12.4 Å². The number of carboxylic acid groups (broad SMARTS) is 1. The van der Waals surface area contributed by atoms with Crippen LogP contribution in [0.3, 0.4) is 0 Å². The van der Waals surface area contributed by atoms with Crippen molar-refractivity contribution in [1.29, 1.82) is 0 Å². The Bertz CT molecular complexity index is 395. The Labute approximate surface area is 126 Å². The highest BCUT2D eigenvalue weighted by Gasteiger charge is 2.38. The van der Waals surface area contributed by atoms with Crippen LogP contribution in [0.1, 0.15) is 32.1 Å². The number of aliphatic hydroxyl groups is 1. The molecule has 0 saturated carbocycles. The van der Waals surface area contributed by atoms with Gasteiger partial charge in [-0.1, -0.05) is 11.6 Å². The Morgan fingerprint density at radius 2 is 2.19 bits per heavy atom. The number of rotatable bonds is 4. The summed E-state index contributed by atoms with van der Waals surface area (Å²) >= 11 is 0. The van der Waals surface area contributed by atoms with Gasteiger partial charge in [-0.2, -0.15) is 0 Å². The van der Waals surface area contributed by atoms with Crippen LogP contribution < -0.4 is 0 Å². The second-order valence-electron chi connectivity index (χ2n) is 6.06. The van der Waals surface area contributed by atoms with Crippen LogP contribution in [0.25, 0.3) is 0 Å². The van der Waals surface area contributed by atoms with Crippen molar-refractivity contribution in [2.75, 3.05) is 33.7 Å². The summed E-state index contributed by atoms with van der Waals surface area (Å²) in [5, 5.41) is 17.3. The van der Waals surface area contributed by atoms with Crippen LogP contribution in [-0.2, 0) is 9.59 Å². The number of hydrogen-bond acceptors (Lipinski definition) is 4. The summed E-state index contributed by atoms with van der Waals surface area (Å²) in [7, 11) is 3.90. The van der Waals surface area contributed by atoms with E-state index in [9.17, 15) is 9.90 Å². The Morgan fingerprint density at radius 3 is 2.71 bits per heavy atom. The van der Waals surface area contributed by atoms with Crippen LogP contribution in [0.4, 0.5) is 0 Å². The van der Waals surface area contributed by atoms with Gasteiger partial charge in [0.05, 0.1) is 12.1 Å². The largest absolute Gasteiger partial charge is 0.483 e. The fourth-order valence-electron chi connectivity index (χ4n) is 2.99. The van der Waals surface area contributed by atoms with Crippen LogP contribution in [0.15, 0.2) is 11.6 Å². The summed E-state index contributed by atoms with van der Waals surface area (Å²) in [6.07, 6.45) is 6.82. The Morgan fingerprint density at radius 1 is 1.52 bits per heavy atom. The second-order valence-corrected chi connectivity index (χ2v) is 6.06. The molecule has 1 heterocycles. The number of carbonyl (C=O) groups excluding carboxylic acids is 1. The van der Waals surface area contributed by atoms with E-state index in [1.807, 2.05) is 23.9 Å². The first kappa shape index (κ1) is 17.7.